The number of pyridine rings is 2. The number of fused-ring (bicyclic) bond motifs is 2. The summed E-state index contributed by atoms with van der Waals surface area (Å²) in [6.07, 6.45) is 6.96. The van der Waals surface area contributed by atoms with E-state index in [0.29, 0.717) is 0 Å². The fourth-order valence-corrected chi connectivity index (χ4v) is 5.58. The number of hydrogen-bond donors (Lipinski definition) is 0. The molecule has 3 aromatic heterocycles. The molecule has 0 unspecified atom stereocenters. The number of aryl methyl sites for hydroxylation is 1. The minimum atomic E-state index is 0.158. The lowest BCUT2D eigenvalue weighted by molar-refractivity contribution is 0.307. The molecular formula is C22H24N4S. The van der Waals surface area contributed by atoms with E-state index in [1.165, 1.54) is 33.1 Å². The van der Waals surface area contributed by atoms with Crippen molar-refractivity contribution in [3.05, 3.63) is 76.0 Å². The Bertz CT molecular complexity index is 938. The molecule has 1 saturated heterocycles. The molecule has 1 spiro atoms. The summed E-state index contributed by atoms with van der Waals surface area (Å²) in [4.78, 5) is 17.1. The molecule has 3 aromatic rings. The van der Waals surface area contributed by atoms with Crippen molar-refractivity contribution >= 4 is 17.0 Å². The maximum absolute atomic E-state index is 4.85. The third kappa shape index (κ3) is 3.15. The molecule has 27 heavy (non-hydrogen) atoms. The number of aromatic nitrogens is 2. The molecule has 1 fully saturated rings. The van der Waals surface area contributed by atoms with Crippen molar-refractivity contribution in [2.45, 2.75) is 31.8 Å². The minimum absolute atomic E-state index is 0.158. The Kier molecular flexibility index (Phi) is 4.21. The molecule has 5 heterocycles. The quantitative estimate of drug-likeness (QED) is 0.689. The molecular weight excluding hydrogens is 352 g/mol. The van der Waals surface area contributed by atoms with E-state index in [4.69, 9.17) is 4.98 Å². The molecule has 2 aliphatic heterocycles. The lowest BCUT2D eigenvalue weighted by atomic mass is 9.85. The number of likely N-dealkylation sites (tertiary alicyclic amines) is 1. The van der Waals surface area contributed by atoms with Crippen molar-refractivity contribution < 1.29 is 0 Å². The first kappa shape index (κ1) is 16.9. The van der Waals surface area contributed by atoms with Gasteiger partial charge >= 0.3 is 0 Å². The molecule has 0 N–H and O–H groups in total. The van der Waals surface area contributed by atoms with E-state index in [0.717, 1.165) is 32.7 Å². The van der Waals surface area contributed by atoms with Gasteiger partial charge in [0.15, 0.2) is 0 Å². The molecule has 4 nitrogen and oxygen atoms in total. The van der Waals surface area contributed by atoms with Gasteiger partial charge in [-0.15, -0.1) is 11.3 Å². The molecule has 1 atom stereocenters. The van der Waals surface area contributed by atoms with Crippen LogP contribution in [0.3, 0.4) is 0 Å². The van der Waals surface area contributed by atoms with Gasteiger partial charge in [0.1, 0.15) is 0 Å². The lowest BCUT2D eigenvalue weighted by Gasteiger charge is -2.26. The fraction of sp³-hybridized carbons (Fsp3) is 0.364. The van der Waals surface area contributed by atoms with Crippen LogP contribution in [0, 0.1) is 6.92 Å². The van der Waals surface area contributed by atoms with Crippen molar-refractivity contribution in [1.29, 1.82) is 0 Å². The minimum Gasteiger partial charge on any atom is -0.365 e. The molecule has 0 amide bonds. The predicted molar refractivity (Wildman–Crippen MR) is 110 cm³/mol. The van der Waals surface area contributed by atoms with Gasteiger partial charge in [-0.05, 0) is 55.8 Å². The summed E-state index contributed by atoms with van der Waals surface area (Å²) in [5, 5.41) is 0. The van der Waals surface area contributed by atoms with Gasteiger partial charge in [-0.1, -0.05) is 6.07 Å². The SMILES string of the molecule is Cc1ccc(CN2CC[C@]3(C2)CN(Cc2cccnc2)c2cccnc23)s1. The largest absolute Gasteiger partial charge is 0.365 e. The summed E-state index contributed by atoms with van der Waals surface area (Å²) in [5.41, 5.74) is 4.01. The summed E-state index contributed by atoms with van der Waals surface area (Å²) >= 11 is 1.92. The van der Waals surface area contributed by atoms with E-state index >= 15 is 0 Å². The Morgan fingerprint density at radius 3 is 2.81 bits per heavy atom. The van der Waals surface area contributed by atoms with Gasteiger partial charge in [0.05, 0.1) is 11.4 Å². The maximum atomic E-state index is 4.85. The van der Waals surface area contributed by atoms with Crippen LogP contribution in [0.1, 0.15) is 27.4 Å². The highest BCUT2D eigenvalue weighted by atomic mass is 32.1. The average Bonchev–Trinajstić information content (AvgIpc) is 3.36. The highest BCUT2D eigenvalue weighted by Gasteiger charge is 2.48. The van der Waals surface area contributed by atoms with E-state index < -0.39 is 0 Å². The van der Waals surface area contributed by atoms with Crippen LogP contribution in [0.4, 0.5) is 5.69 Å². The van der Waals surface area contributed by atoms with E-state index in [1.807, 2.05) is 36.0 Å². The average molecular weight is 377 g/mol. The Morgan fingerprint density at radius 2 is 2.00 bits per heavy atom. The van der Waals surface area contributed by atoms with E-state index in [-0.39, 0.29) is 5.41 Å². The second-order valence-electron chi connectivity index (χ2n) is 7.84. The first-order valence-corrected chi connectivity index (χ1v) is 10.4. The van der Waals surface area contributed by atoms with Gasteiger partial charge in [-0.2, -0.15) is 0 Å². The Labute approximate surface area is 164 Å². The van der Waals surface area contributed by atoms with Crippen LogP contribution < -0.4 is 4.90 Å². The lowest BCUT2D eigenvalue weighted by Crippen LogP contribution is -2.36. The highest BCUT2D eigenvalue weighted by molar-refractivity contribution is 7.11. The molecule has 2 aliphatic rings. The van der Waals surface area contributed by atoms with Gasteiger partial charge in [0, 0.05) is 59.9 Å². The standard InChI is InChI=1S/C22H24N4S/c1-17-6-7-19(27-17)14-25-11-8-22(15-25)16-26(13-18-4-2-9-23-12-18)20-5-3-10-24-21(20)22/h2-7,9-10,12H,8,11,13-16H2,1H3/t22-/m0/s1. The zero-order chi connectivity index (χ0) is 18.3. The van der Waals surface area contributed by atoms with Crippen molar-refractivity contribution in [3.63, 3.8) is 0 Å². The predicted octanol–water partition coefficient (Wildman–Crippen LogP) is 4.01. The van der Waals surface area contributed by atoms with Crippen molar-refractivity contribution in [2.75, 3.05) is 24.5 Å². The number of thiophene rings is 1. The van der Waals surface area contributed by atoms with Crippen LogP contribution in [0.5, 0.6) is 0 Å². The number of rotatable bonds is 4. The van der Waals surface area contributed by atoms with Crippen molar-refractivity contribution in [3.8, 4) is 0 Å². The third-order valence-electron chi connectivity index (χ3n) is 5.83. The normalized spacial score (nSPS) is 21.9. The zero-order valence-electron chi connectivity index (χ0n) is 15.6. The molecule has 0 saturated carbocycles. The smallest absolute Gasteiger partial charge is 0.0729 e. The number of anilines is 1. The highest BCUT2D eigenvalue weighted by Crippen LogP contribution is 2.45. The molecule has 0 bridgehead atoms. The van der Waals surface area contributed by atoms with Crippen LogP contribution in [0.15, 0.2) is 55.0 Å². The summed E-state index contributed by atoms with van der Waals surface area (Å²) in [5.74, 6) is 0. The second-order valence-corrected chi connectivity index (χ2v) is 9.21. The van der Waals surface area contributed by atoms with Gasteiger partial charge in [0.25, 0.3) is 0 Å². The van der Waals surface area contributed by atoms with E-state index in [1.54, 1.807) is 0 Å². The van der Waals surface area contributed by atoms with E-state index in [2.05, 4.69) is 52.0 Å². The van der Waals surface area contributed by atoms with Gasteiger partial charge in [0.2, 0.25) is 0 Å². The maximum Gasteiger partial charge on any atom is 0.0729 e. The van der Waals surface area contributed by atoms with Crippen molar-refractivity contribution in [1.82, 2.24) is 14.9 Å². The van der Waals surface area contributed by atoms with Crippen LogP contribution in [0.2, 0.25) is 0 Å². The molecule has 5 heteroatoms. The van der Waals surface area contributed by atoms with Gasteiger partial charge in [-0.25, -0.2) is 0 Å². The molecule has 0 radical (unpaired) electrons. The molecule has 0 aromatic carbocycles. The monoisotopic (exact) mass is 376 g/mol. The van der Waals surface area contributed by atoms with Gasteiger partial charge in [-0.3, -0.25) is 14.9 Å². The first-order valence-electron chi connectivity index (χ1n) is 9.59. The van der Waals surface area contributed by atoms with Crippen molar-refractivity contribution in [2.24, 2.45) is 0 Å². The second kappa shape index (κ2) is 6.73. The summed E-state index contributed by atoms with van der Waals surface area (Å²) in [7, 11) is 0. The van der Waals surface area contributed by atoms with E-state index in [9.17, 15) is 0 Å². The number of hydrogen-bond acceptors (Lipinski definition) is 5. The topological polar surface area (TPSA) is 32.3 Å². The molecule has 138 valence electrons. The van der Waals surface area contributed by atoms with Crippen LogP contribution >= 0.6 is 11.3 Å². The summed E-state index contributed by atoms with van der Waals surface area (Å²) in [6.45, 7) is 7.44. The summed E-state index contributed by atoms with van der Waals surface area (Å²) < 4.78 is 0. The van der Waals surface area contributed by atoms with Gasteiger partial charge < -0.3 is 4.90 Å². The molecule has 0 aliphatic carbocycles. The first-order chi connectivity index (χ1) is 13.2. The van der Waals surface area contributed by atoms with Crippen LogP contribution in [-0.4, -0.2) is 34.5 Å². The molecule has 5 rings (SSSR count). The Balaban J connectivity index is 1.38. The Hall–Kier alpha value is -2.24. The van der Waals surface area contributed by atoms with Crippen LogP contribution in [-0.2, 0) is 18.5 Å². The van der Waals surface area contributed by atoms with Crippen LogP contribution in [0.25, 0.3) is 0 Å². The third-order valence-corrected chi connectivity index (χ3v) is 6.81. The number of nitrogens with zero attached hydrogens (tertiary/aromatic N) is 4. The fourth-order valence-electron chi connectivity index (χ4n) is 4.65. The summed E-state index contributed by atoms with van der Waals surface area (Å²) in [6, 6.07) is 13.0. The zero-order valence-corrected chi connectivity index (χ0v) is 16.5. The Morgan fingerprint density at radius 1 is 1.07 bits per heavy atom.